The van der Waals surface area contributed by atoms with Crippen molar-refractivity contribution in [3.05, 3.63) is 52.2 Å². The average molecular weight is 343 g/mol. The molecule has 4 nitrogen and oxygen atoms in total. The van der Waals surface area contributed by atoms with Crippen molar-refractivity contribution in [2.75, 3.05) is 5.32 Å². The molecule has 0 aliphatic carbocycles. The zero-order valence-electron chi connectivity index (χ0n) is 11.9. The number of anilines is 1. The SMILES string of the molecule is CC(OC(=O)c1cccs1)C(=O)Nc1cccc(C(F)(F)F)c1. The van der Waals surface area contributed by atoms with Crippen LogP contribution in [0.4, 0.5) is 18.9 Å². The van der Waals surface area contributed by atoms with Crippen molar-refractivity contribution in [3.8, 4) is 0 Å². The van der Waals surface area contributed by atoms with Crippen molar-refractivity contribution in [1.82, 2.24) is 0 Å². The van der Waals surface area contributed by atoms with Crippen LogP contribution in [0.1, 0.15) is 22.2 Å². The first-order chi connectivity index (χ1) is 10.8. The molecular weight excluding hydrogens is 331 g/mol. The molecule has 1 N–H and O–H groups in total. The lowest BCUT2D eigenvalue weighted by atomic mass is 10.2. The molecule has 23 heavy (non-hydrogen) atoms. The summed E-state index contributed by atoms with van der Waals surface area (Å²) >= 11 is 1.16. The first-order valence-corrected chi connectivity index (χ1v) is 7.38. The van der Waals surface area contributed by atoms with E-state index in [1.807, 2.05) is 0 Å². The molecule has 1 heterocycles. The molecule has 0 saturated carbocycles. The number of halogens is 3. The number of amides is 1. The van der Waals surface area contributed by atoms with Crippen LogP contribution in [-0.2, 0) is 15.7 Å². The Balaban J connectivity index is 2.00. The van der Waals surface area contributed by atoms with E-state index in [4.69, 9.17) is 4.74 Å². The summed E-state index contributed by atoms with van der Waals surface area (Å²) in [6.07, 6.45) is -5.64. The molecule has 0 fully saturated rings. The third kappa shape index (κ3) is 4.56. The van der Waals surface area contributed by atoms with Crippen molar-refractivity contribution < 1.29 is 27.5 Å². The van der Waals surface area contributed by atoms with Crippen LogP contribution in [0.5, 0.6) is 0 Å². The molecule has 2 rings (SSSR count). The van der Waals surface area contributed by atoms with Gasteiger partial charge in [0.2, 0.25) is 0 Å². The predicted molar refractivity (Wildman–Crippen MR) is 79.3 cm³/mol. The monoisotopic (exact) mass is 343 g/mol. The highest BCUT2D eigenvalue weighted by Gasteiger charge is 2.30. The summed E-state index contributed by atoms with van der Waals surface area (Å²) in [5.74, 6) is -1.37. The third-order valence-corrected chi connectivity index (χ3v) is 3.68. The van der Waals surface area contributed by atoms with Gasteiger partial charge in [0.25, 0.3) is 5.91 Å². The number of rotatable bonds is 4. The Bertz CT molecular complexity index is 698. The molecule has 2 aromatic rings. The zero-order chi connectivity index (χ0) is 17.0. The Morgan fingerprint density at radius 1 is 1.22 bits per heavy atom. The number of hydrogen-bond donors (Lipinski definition) is 1. The topological polar surface area (TPSA) is 55.4 Å². The standard InChI is InChI=1S/C15H12F3NO3S/c1-9(22-14(21)12-6-3-7-23-12)13(20)19-11-5-2-4-10(8-11)15(16,17)18/h2-9H,1H3,(H,19,20). The number of carbonyl (C=O) groups excluding carboxylic acids is 2. The summed E-state index contributed by atoms with van der Waals surface area (Å²) in [5.41, 5.74) is -0.901. The maximum atomic E-state index is 12.6. The van der Waals surface area contributed by atoms with Gasteiger partial charge in [-0.1, -0.05) is 12.1 Å². The molecule has 1 unspecified atom stereocenters. The summed E-state index contributed by atoms with van der Waals surface area (Å²) in [4.78, 5) is 24.0. The lowest BCUT2D eigenvalue weighted by molar-refractivity contribution is -0.137. The van der Waals surface area contributed by atoms with E-state index in [-0.39, 0.29) is 5.69 Å². The number of nitrogens with one attached hydrogen (secondary N) is 1. The second-order valence-corrected chi connectivity index (χ2v) is 5.54. The number of alkyl halides is 3. The van der Waals surface area contributed by atoms with Gasteiger partial charge in [0.15, 0.2) is 6.10 Å². The minimum Gasteiger partial charge on any atom is -0.448 e. The van der Waals surface area contributed by atoms with Crippen molar-refractivity contribution in [2.45, 2.75) is 19.2 Å². The summed E-state index contributed by atoms with van der Waals surface area (Å²) < 4.78 is 42.8. The molecule has 1 aromatic carbocycles. The normalized spacial score (nSPS) is 12.5. The Hall–Kier alpha value is -2.35. The first-order valence-electron chi connectivity index (χ1n) is 6.50. The van der Waals surface area contributed by atoms with Crippen LogP contribution in [-0.4, -0.2) is 18.0 Å². The molecule has 0 bridgehead atoms. The Morgan fingerprint density at radius 3 is 2.57 bits per heavy atom. The minimum atomic E-state index is -4.50. The van der Waals surface area contributed by atoms with Crippen LogP contribution < -0.4 is 5.32 Å². The Morgan fingerprint density at radius 2 is 1.96 bits per heavy atom. The summed E-state index contributed by atoms with van der Waals surface area (Å²) in [6.45, 7) is 1.34. The molecule has 0 saturated heterocycles. The molecule has 0 aliphatic heterocycles. The van der Waals surface area contributed by atoms with E-state index < -0.39 is 29.7 Å². The zero-order valence-corrected chi connectivity index (χ0v) is 12.7. The second-order valence-electron chi connectivity index (χ2n) is 4.59. The van der Waals surface area contributed by atoms with Gasteiger partial charge in [-0.05, 0) is 36.6 Å². The van der Waals surface area contributed by atoms with Crippen LogP contribution in [0.2, 0.25) is 0 Å². The molecular formula is C15H12F3NO3S. The van der Waals surface area contributed by atoms with Gasteiger partial charge in [-0.25, -0.2) is 4.79 Å². The van der Waals surface area contributed by atoms with Crippen LogP contribution >= 0.6 is 11.3 Å². The molecule has 1 amide bonds. The molecule has 0 radical (unpaired) electrons. The van der Waals surface area contributed by atoms with Gasteiger partial charge < -0.3 is 10.1 Å². The van der Waals surface area contributed by atoms with Crippen LogP contribution in [0.25, 0.3) is 0 Å². The number of esters is 1. The Labute approximate surface area is 133 Å². The highest BCUT2D eigenvalue weighted by Crippen LogP contribution is 2.30. The fourth-order valence-electron chi connectivity index (χ4n) is 1.68. The van der Waals surface area contributed by atoms with Gasteiger partial charge in [0, 0.05) is 5.69 Å². The number of carbonyl (C=O) groups is 2. The predicted octanol–water partition coefficient (Wildman–Crippen LogP) is 3.95. The molecule has 122 valence electrons. The summed E-state index contributed by atoms with van der Waals surface area (Å²) in [6, 6.07) is 7.42. The van der Waals surface area contributed by atoms with Gasteiger partial charge in [0.1, 0.15) is 4.88 Å². The van der Waals surface area contributed by atoms with E-state index in [0.717, 1.165) is 23.5 Å². The Kier molecular flexibility index (Phi) is 5.05. The highest BCUT2D eigenvalue weighted by atomic mass is 32.1. The van der Waals surface area contributed by atoms with Crippen molar-refractivity contribution in [1.29, 1.82) is 0 Å². The van der Waals surface area contributed by atoms with E-state index in [2.05, 4.69) is 5.32 Å². The average Bonchev–Trinajstić information content (AvgIpc) is 3.00. The lowest BCUT2D eigenvalue weighted by Gasteiger charge is -2.14. The van der Waals surface area contributed by atoms with Gasteiger partial charge >= 0.3 is 12.1 Å². The number of ether oxygens (including phenoxy) is 1. The van der Waals surface area contributed by atoms with Crippen molar-refractivity contribution in [3.63, 3.8) is 0 Å². The van der Waals surface area contributed by atoms with Gasteiger partial charge in [0.05, 0.1) is 5.56 Å². The summed E-state index contributed by atoms with van der Waals surface area (Å²) in [5, 5.41) is 3.98. The van der Waals surface area contributed by atoms with Crippen LogP contribution in [0, 0.1) is 0 Å². The fourth-order valence-corrected chi connectivity index (χ4v) is 2.29. The smallest absolute Gasteiger partial charge is 0.416 e. The maximum Gasteiger partial charge on any atom is 0.416 e. The van der Waals surface area contributed by atoms with E-state index >= 15 is 0 Å². The van der Waals surface area contributed by atoms with Crippen LogP contribution in [0.15, 0.2) is 41.8 Å². The molecule has 0 spiro atoms. The molecule has 0 aliphatic rings. The highest BCUT2D eigenvalue weighted by molar-refractivity contribution is 7.11. The van der Waals surface area contributed by atoms with Gasteiger partial charge in [-0.15, -0.1) is 11.3 Å². The maximum absolute atomic E-state index is 12.6. The largest absolute Gasteiger partial charge is 0.448 e. The first kappa shape index (κ1) is 17.0. The molecule has 8 heteroatoms. The van der Waals surface area contributed by atoms with E-state index in [1.54, 1.807) is 17.5 Å². The number of benzene rings is 1. The van der Waals surface area contributed by atoms with Gasteiger partial charge in [-0.3, -0.25) is 4.79 Å². The van der Waals surface area contributed by atoms with E-state index in [9.17, 15) is 22.8 Å². The quantitative estimate of drug-likeness (QED) is 0.855. The number of thiophene rings is 1. The second kappa shape index (κ2) is 6.82. The summed E-state index contributed by atoms with van der Waals surface area (Å²) in [7, 11) is 0. The number of hydrogen-bond acceptors (Lipinski definition) is 4. The fraction of sp³-hybridized carbons (Fsp3) is 0.200. The lowest BCUT2D eigenvalue weighted by Crippen LogP contribution is -2.29. The third-order valence-electron chi connectivity index (χ3n) is 2.83. The molecule has 1 aromatic heterocycles. The molecule has 1 atom stereocenters. The minimum absolute atomic E-state index is 0.0242. The van der Waals surface area contributed by atoms with Crippen molar-refractivity contribution in [2.24, 2.45) is 0 Å². The van der Waals surface area contributed by atoms with E-state index in [1.165, 1.54) is 19.1 Å². The van der Waals surface area contributed by atoms with Crippen molar-refractivity contribution >= 4 is 28.9 Å². The van der Waals surface area contributed by atoms with E-state index in [0.29, 0.717) is 4.88 Å². The van der Waals surface area contributed by atoms with Crippen LogP contribution in [0.3, 0.4) is 0 Å². The van der Waals surface area contributed by atoms with Gasteiger partial charge in [-0.2, -0.15) is 13.2 Å².